The summed E-state index contributed by atoms with van der Waals surface area (Å²) in [6.45, 7) is 8.23. The van der Waals surface area contributed by atoms with Gasteiger partial charge in [-0.3, -0.25) is 4.90 Å². The van der Waals surface area contributed by atoms with Crippen LogP contribution in [0.25, 0.3) is 0 Å². The van der Waals surface area contributed by atoms with Crippen LogP contribution in [0.3, 0.4) is 0 Å². The summed E-state index contributed by atoms with van der Waals surface area (Å²) in [6.07, 6.45) is 5.23. The zero-order chi connectivity index (χ0) is 18.9. The van der Waals surface area contributed by atoms with E-state index in [1.54, 1.807) is 0 Å². The molecule has 2 heterocycles. The topological polar surface area (TPSA) is 56.3 Å². The van der Waals surface area contributed by atoms with Crippen LogP contribution in [0.2, 0.25) is 0 Å². The van der Waals surface area contributed by atoms with E-state index >= 15 is 0 Å². The van der Waals surface area contributed by atoms with Crippen molar-refractivity contribution in [2.24, 2.45) is 0 Å². The second-order valence-electron chi connectivity index (χ2n) is 7.65. The number of nitrogens with zero attached hydrogens (tertiary/aromatic N) is 3. The van der Waals surface area contributed by atoms with Crippen molar-refractivity contribution in [2.75, 3.05) is 52.4 Å². The summed E-state index contributed by atoms with van der Waals surface area (Å²) in [5.74, 6) is 0.935. The van der Waals surface area contributed by atoms with Gasteiger partial charge in [-0.25, -0.2) is 4.79 Å². The molecule has 0 radical (unpaired) electrons. The monoisotopic (exact) mass is 375 g/mol. The molecule has 3 rings (SSSR count). The summed E-state index contributed by atoms with van der Waals surface area (Å²) in [7, 11) is 0. The molecule has 27 heavy (non-hydrogen) atoms. The van der Waals surface area contributed by atoms with E-state index in [1.807, 2.05) is 0 Å². The molecule has 6 heteroatoms. The van der Waals surface area contributed by atoms with Crippen LogP contribution in [0.5, 0.6) is 5.75 Å². The number of rotatable bonds is 7. The largest absolute Gasteiger partial charge is 0.494 e. The van der Waals surface area contributed by atoms with Gasteiger partial charge >= 0.3 is 6.09 Å². The van der Waals surface area contributed by atoms with Gasteiger partial charge in [0.15, 0.2) is 0 Å². The maximum atomic E-state index is 11.1. The van der Waals surface area contributed by atoms with Gasteiger partial charge in [0.05, 0.1) is 6.61 Å². The molecule has 0 aromatic heterocycles. The van der Waals surface area contributed by atoms with Crippen molar-refractivity contribution in [3.63, 3.8) is 0 Å². The third-order valence-corrected chi connectivity index (χ3v) is 5.52. The molecule has 2 aliphatic rings. The first kappa shape index (κ1) is 20.0. The summed E-state index contributed by atoms with van der Waals surface area (Å²) >= 11 is 0. The van der Waals surface area contributed by atoms with Crippen molar-refractivity contribution in [2.45, 2.75) is 38.6 Å². The van der Waals surface area contributed by atoms with Crippen molar-refractivity contribution >= 4 is 6.09 Å². The maximum absolute atomic E-state index is 11.1. The Labute approximate surface area is 162 Å². The Morgan fingerprint density at radius 1 is 0.889 bits per heavy atom. The van der Waals surface area contributed by atoms with E-state index in [9.17, 15) is 4.79 Å². The van der Waals surface area contributed by atoms with E-state index in [0.717, 1.165) is 51.4 Å². The second kappa shape index (κ2) is 10.5. The highest BCUT2D eigenvalue weighted by Gasteiger charge is 2.18. The molecular weight excluding hydrogens is 342 g/mol. The SMILES string of the molecule is O=C(O)N1CCCN(Cc2ccc(OCCCN3CCCCC3)cc2)CC1. The highest BCUT2D eigenvalue weighted by molar-refractivity contribution is 5.64. The summed E-state index contributed by atoms with van der Waals surface area (Å²) in [4.78, 5) is 17.5. The number of piperidine rings is 1. The highest BCUT2D eigenvalue weighted by Crippen LogP contribution is 2.16. The van der Waals surface area contributed by atoms with Gasteiger partial charge in [0.25, 0.3) is 0 Å². The van der Waals surface area contributed by atoms with E-state index in [1.165, 1.54) is 42.8 Å². The summed E-state index contributed by atoms with van der Waals surface area (Å²) < 4.78 is 5.89. The molecule has 1 aromatic carbocycles. The molecule has 1 aromatic rings. The lowest BCUT2D eigenvalue weighted by Crippen LogP contribution is -2.33. The van der Waals surface area contributed by atoms with Crippen LogP contribution >= 0.6 is 0 Å². The first-order valence-corrected chi connectivity index (χ1v) is 10.3. The summed E-state index contributed by atoms with van der Waals surface area (Å²) in [5, 5.41) is 9.12. The molecule has 0 bridgehead atoms. The molecule has 0 unspecified atom stereocenters. The average Bonchev–Trinajstić information content (AvgIpc) is 2.93. The average molecular weight is 376 g/mol. The number of benzene rings is 1. The lowest BCUT2D eigenvalue weighted by Gasteiger charge is -2.26. The van der Waals surface area contributed by atoms with Gasteiger partial charge in [-0.1, -0.05) is 18.6 Å². The van der Waals surface area contributed by atoms with Crippen LogP contribution < -0.4 is 4.74 Å². The van der Waals surface area contributed by atoms with E-state index in [0.29, 0.717) is 13.1 Å². The smallest absolute Gasteiger partial charge is 0.407 e. The standard InChI is InChI=1S/C21H33N3O3/c25-21(26)24-14-4-12-23(15-16-24)18-19-6-8-20(9-7-19)27-17-5-13-22-10-2-1-3-11-22/h6-9H,1-5,10-18H2,(H,25,26). The Balaban J connectivity index is 1.36. The van der Waals surface area contributed by atoms with Gasteiger partial charge in [-0.15, -0.1) is 0 Å². The summed E-state index contributed by atoms with van der Waals surface area (Å²) in [6, 6.07) is 8.36. The Kier molecular flexibility index (Phi) is 7.78. The molecule has 1 amide bonds. The minimum absolute atomic E-state index is 0.591. The molecule has 0 atom stereocenters. The first-order valence-electron chi connectivity index (χ1n) is 10.3. The van der Waals surface area contributed by atoms with Gasteiger partial charge in [-0.2, -0.15) is 0 Å². The van der Waals surface area contributed by atoms with E-state index in [-0.39, 0.29) is 0 Å². The van der Waals surface area contributed by atoms with Crippen molar-refractivity contribution in [3.05, 3.63) is 29.8 Å². The van der Waals surface area contributed by atoms with Crippen LogP contribution in [0.15, 0.2) is 24.3 Å². The van der Waals surface area contributed by atoms with Crippen LogP contribution in [-0.2, 0) is 6.54 Å². The van der Waals surface area contributed by atoms with Crippen LogP contribution in [-0.4, -0.2) is 78.3 Å². The van der Waals surface area contributed by atoms with Gasteiger partial charge in [0, 0.05) is 39.3 Å². The van der Waals surface area contributed by atoms with Gasteiger partial charge in [-0.05, 0) is 56.5 Å². The van der Waals surface area contributed by atoms with E-state index < -0.39 is 6.09 Å². The van der Waals surface area contributed by atoms with Gasteiger partial charge in [0.1, 0.15) is 5.75 Å². The van der Waals surface area contributed by atoms with Gasteiger partial charge < -0.3 is 19.6 Å². The number of carbonyl (C=O) groups is 1. The third-order valence-electron chi connectivity index (χ3n) is 5.52. The van der Waals surface area contributed by atoms with Gasteiger partial charge in [0.2, 0.25) is 0 Å². The number of likely N-dealkylation sites (tertiary alicyclic amines) is 1. The number of hydrogen-bond donors (Lipinski definition) is 1. The molecular formula is C21H33N3O3. The second-order valence-corrected chi connectivity index (χ2v) is 7.65. The van der Waals surface area contributed by atoms with Crippen LogP contribution in [0.4, 0.5) is 4.79 Å². The molecule has 0 spiro atoms. The quantitative estimate of drug-likeness (QED) is 0.742. The molecule has 0 saturated carbocycles. The molecule has 150 valence electrons. The lowest BCUT2D eigenvalue weighted by atomic mass is 10.1. The van der Waals surface area contributed by atoms with Crippen LogP contribution in [0, 0.1) is 0 Å². The van der Waals surface area contributed by atoms with Crippen molar-refractivity contribution in [3.8, 4) is 5.75 Å². The Morgan fingerprint density at radius 2 is 1.63 bits per heavy atom. The minimum atomic E-state index is -0.807. The fourth-order valence-electron chi connectivity index (χ4n) is 3.93. The predicted molar refractivity (Wildman–Crippen MR) is 106 cm³/mol. The Hall–Kier alpha value is -1.79. The fraction of sp³-hybridized carbons (Fsp3) is 0.667. The number of hydrogen-bond acceptors (Lipinski definition) is 4. The molecule has 1 N–H and O–H groups in total. The van der Waals surface area contributed by atoms with Crippen molar-refractivity contribution < 1.29 is 14.6 Å². The lowest BCUT2D eigenvalue weighted by molar-refractivity contribution is 0.146. The molecule has 2 saturated heterocycles. The number of ether oxygens (including phenoxy) is 1. The molecule has 6 nitrogen and oxygen atoms in total. The fourth-order valence-corrected chi connectivity index (χ4v) is 3.93. The molecule has 2 fully saturated rings. The van der Waals surface area contributed by atoms with Crippen molar-refractivity contribution in [1.29, 1.82) is 0 Å². The predicted octanol–water partition coefficient (Wildman–Crippen LogP) is 3.13. The van der Waals surface area contributed by atoms with Crippen molar-refractivity contribution in [1.82, 2.24) is 14.7 Å². The summed E-state index contributed by atoms with van der Waals surface area (Å²) in [5.41, 5.74) is 1.25. The number of amides is 1. The van der Waals surface area contributed by atoms with E-state index in [4.69, 9.17) is 9.84 Å². The highest BCUT2D eigenvalue weighted by atomic mass is 16.5. The zero-order valence-corrected chi connectivity index (χ0v) is 16.3. The zero-order valence-electron chi connectivity index (χ0n) is 16.3. The molecule has 2 aliphatic heterocycles. The van der Waals surface area contributed by atoms with E-state index in [2.05, 4.69) is 34.1 Å². The Bertz CT molecular complexity index is 573. The first-order chi connectivity index (χ1) is 13.2. The minimum Gasteiger partial charge on any atom is -0.494 e. The maximum Gasteiger partial charge on any atom is 0.407 e. The number of carboxylic acid groups (broad SMARTS) is 1. The third kappa shape index (κ3) is 6.70. The van der Waals surface area contributed by atoms with Crippen LogP contribution in [0.1, 0.15) is 37.7 Å². The molecule has 0 aliphatic carbocycles. The normalized spacial score (nSPS) is 19.6. The Morgan fingerprint density at radius 3 is 2.37 bits per heavy atom.